The van der Waals surface area contributed by atoms with E-state index < -0.39 is 16.9 Å². The maximum atomic E-state index is 11.9. The van der Waals surface area contributed by atoms with E-state index in [4.69, 9.17) is 16.3 Å². The third-order valence-corrected chi connectivity index (χ3v) is 6.31. The average molecular weight is 498 g/mol. The number of nitrogens with zero attached hydrogens (tertiary/aromatic N) is 5. The standard InChI is InChI=1S/C19H28ClN5O4.C4H8O/c1-5-13(3)17(19(26)27)24-11-15(25(28)29)18(22(4)12-24)23(6-2)10-14-7-8-16(20)21-9-14;1-2-4-5-3-1/h7-9,13,17H,5-6,10-12H2,1-4H3,(H,26,27);1-4H2. The zero-order valence-corrected chi connectivity index (χ0v) is 21.2. The fourth-order valence-corrected chi connectivity index (χ4v) is 4.28. The molecule has 2 aliphatic rings. The van der Waals surface area contributed by atoms with Crippen LogP contribution in [-0.4, -0.2) is 81.7 Å². The van der Waals surface area contributed by atoms with Crippen LogP contribution in [0.4, 0.5) is 0 Å². The molecule has 0 saturated carbocycles. The summed E-state index contributed by atoms with van der Waals surface area (Å²) in [6.07, 6.45) is 4.88. The molecule has 190 valence electrons. The van der Waals surface area contributed by atoms with Crippen LogP contribution < -0.4 is 0 Å². The largest absolute Gasteiger partial charge is 0.480 e. The van der Waals surface area contributed by atoms with E-state index in [0.29, 0.717) is 37.2 Å². The molecule has 0 aliphatic carbocycles. The molecule has 2 aliphatic heterocycles. The van der Waals surface area contributed by atoms with E-state index in [2.05, 4.69) is 4.98 Å². The fourth-order valence-electron chi connectivity index (χ4n) is 4.17. The first-order valence-electron chi connectivity index (χ1n) is 11.7. The monoisotopic (exact) mass is 497 g/mol. The first-order valence-corrected chi connectivity index (χ1v) is 12.1. The van der Waals surface area contributed by atoms with Crippen molar-refractivity contribution in [1.29, 1.82) is 0 Å². The van der Waals surface area contributed by atoms with Gasteiger partial charge in [0.1, 0.15) is 11.2 Å². The van der Waals surface area contributed by atoms with Crippen molar-refractivity contribution >= 4 is 17.6 Å². The number of carbonyl (C=O) groups is 1. The van der Waals surface area contributed by atoms with Crippen LogP contribution in [0.1, 0.15) is 45.6 Å². The molecule has 0 spiro atoms. The first-order chi connectivity index (χ1) is 16.2. The molecule has 1 saturated heterocycles. The lowest BCUT2D eigenvalue weighted by Crippen LogP contribution is -2.55. The number of hydrogen-bond donors (Lipinski definition) is 1. The molecule has 34 heavy (non-hydrogen) atoms. The fraction of sp³-hybridized carbons (Fsp3) is 0.652. The highest BCUT2D eigenvalue weighted by Gasteiger charge is 2.40. The SMILES string of the molecule is C1CCOC1.CCC(C)C(C(=O)O)N1CC([N+](=O)[O-])=C(N(CC)Cc2ccc(Cl)nc2)N(C)C1. The zero-order chi connectivity index (χ0) is 25.3. The highest BCUT2D eigenvalue weighted by atomic mass is 35.5. The van der Waals surface area contributed by atoms with E-state index in [1.165, 1.54) is 12.8 Å². The number of carboxylic acids is 1. The number of nitro groups is 1. The minimum absolute atomic E-state index is 0.00271. The number of aliphatic carboxylic acids is 1. The Hall–Kier alpha value is -2.43. The number of pyridine rings is 1. The number of rotatable bonds is 9. The van der Waals surface area contributed by atoms with Gasteiger partial charge in [0.15, 0.2) is 5.82 Å². The number of hydrogen-bond acceptors (Lipinski definition) is 8. The van der Waals surface area contributed by atoms with Crippen LogP contribution in [0.15, 0.2) is 29.8 Å². The van der Waals surface area contributed by atoms with E-state index >= 15 is 0 Å². The van der Waals surface area contributed by atoms with E-state index in [9.17, 15) is 20.0 Å². The third kappa shape index (κ3) is 7.54. The number of halogens is 1. The van der Waals surface area contributed by atoms with Gasteiger partial charge in [0.25, 0.3) is 5.70 Å². The van der Waals surface area contributed by atoms with Gasteiger partial charge in [-0.1, -0.05) is 37.9 Å². The summed E-state index contributed by atoms with van der Waals surface area (Å²) in [5.74, 6) is -0.589. The van der Waals surface area contributed by atoms with Crippen LogP contribution in [0.2, 0.25) is 5.15 Å². The molecule has 0 amide bonds. The topological polar surface area (TPSA) is 112 Å². The second-order valence-corrected chi connectivity index (χ2v) is 8.99. The summed E-state index contributed by atoms with van der Waals surface area (Å²) in [7, 11) is 1.75. The summed E-state index contributed by atoms with van der Waals surface area (Å²) in [4.78, 5) is 32.7. The van der Waals surface area contributed by atoms with Crippen molar-refractivity contribution in [1.82, 2.24) is 19.7 Å². The molecule has 10 nitrogen and oxygen atoms in total. The molecule has 3 rings (SSSR count). The van der Waals surface area contributed by atoms with Gasteiger partial charge in [-0.25, -0.2) is 4.98 Å². The Kier molecular flexibility index (Phi) is 11.0. The van der Waals surface area contributed by atoms with Gasteiger partial charge in [-0.05, 0) is 37.3 Å². The van der Waals surface area contributed by atoms with Gasteiger partial charge in [0.05, 0.1) is 18.1 Å². The van der Waals surface area contributed by atoms with Gasteiger partial charge >= 0.3 is 5.97 Å². The molecule has 1 fully saturated rings. The highest BCUT2D eigenvalue weighted by Crippen LogP contribution is 2.27. The van der Waals surface area contributed by atoms with Crippen molar-refractivity contribution in [2.24, 2.45) is 5.92 Å². The van der Waals surface area contributed by atoms with Gasteiger partial charge in [0, 0.05) is 39.5 Å². The van der Waals surface area contributed by atoms with Gasteiger partial charge in [-0.2, -0.15) is 0 Å². The lowest BCUT2D eigenvalue weighted by atomic mass is 9.97. The van der Waals surface area contributed by atoms with Crippen molar-refractivity contribution in [3.05, 3.63) is 50.7 Å². The Balaban J connectivity index is 0.000000720. The number of ether oxygens (including phenoxy) is 1. The van der Waals surface area contributed by atoms with Crippen LogP contribution in [0.5, 0.6) is 0 Å². The van der Waals surface area contributed by atoms with Crippen molar-refractivity contribution in [2.45, 2.75) is 52.6 Å². The lowest BCUT2D eigenvalue weighted by Gasteiger charge is -2.42. The molecule has 0 aromatic carbocycles. The second-order valence-electron chi connectivity index (χ2n) is 8.61. The summed E-state index contributed by atoms with van der Waals surface area (Å²) in [6, 6.07) is 2.74. The maximum Gasteiger partial charge on any atom is 0.321 e. The van der Waals surface area contributed by atoms with Gasteiger partial charge in [-0.3, -0.25) is 19.8 Å². The van der Waals surface area contributed by atoms with Gasteiger partial charge in [-0.15, -0.1) is 0 Å². The quantitative estimate of drug-likeness (QED) is 0.311. The molecule has 0 radical (unpaired) electrons. The molecule has 11 heteroatoms. The zero-order valence-electron chi connectivity index (χ0n) is 20.4. The summed E-state index contributed by atoms with van der Waals surface area (Å²) in [5, 5.41) is 22.0. The molecule has 1 aromatic rings. The summed E-state index contributed by atoms with van der Waals surface area (Å²) in [6.45, 7) is 8.96. The molecule has 2 unspecified atom stereocenters. The van der Waals surface area contributed by atoms with E-state index in [0.717, 1.165) is 18.8 Å². The van der Waals surface area contributed by atoms with E-state index in [1.807, 2.05) is 31.7 Å². The second kappa shape index (κ2) is 13.5. The minimum atomic E-state index is -0.960. The van der Waals surface area contributed by atoms with Crippen LogP contribution in [0.25, 0.3) is 0 Å². The normalized spacial score (nSPS) is 18.2. The highest BCUT2D eigenvalue weighted by molar-refractivity contribution is 6.29. The Morgan fingerprint density at radius 2 is 2.03 bits per heavy atom. The molecular formula is C23H36ClN5O5. The predicted octanol–water partition coefficient (Wildman–Crippen LogP) is 3.50. The van der Waals surface area contributed by atoms with E-state index in [1.54, 1.807) is 29.1 Å². The Morgan fingerprint density at radius 1 is 1.35 bits per heavy atom. The third-order valence-electron chi connectivity index (χ3n) is 6.09. The van der Waals surface area contributed by atoms with Gasteiger partial charge in [0.2, 0.25) is 0 Å². The van der Waals surface area contributed by atoms with Crippen molar-refractivity contribution in [3.8, 4) is 0 Å². The molecular weight excluding hydrogens is 462 g/mol. The lowest BCUT2D eigenvalue weighted by molar-refractivity contribution is -0.434. The molecule has 1 N–H and O–H groups in total. The smallest absolute Gasteiger partial charge is 0.321 e. The van der Waals surface area contributed by atoms with Crippen LogP contribution in [-0.2, 0) is 16.1 Å². The maximum absolute atomic E-state index is 11.9. The summed E-state index contributed by atoms with van der Waals surface area (Å²) >= 11 is 5.84. The predicted molar refractivity (Wildman–Crippen MR) is 130 cm³/mol. The number of aromatic nitrogens is 1. The molecule has 0 bridgehead atoms. The number of carboxylic acid groups (broad SMARTS) is 1. The van der Waals surface area contributed by atoms with E-state index in [-0.39, 0.29) is 18.2 Å². The van der Waals surface area contributed by atoms with Crippen LogP contribution >= 0.6 is 11.6 Å². The van der Waals surface area contributed by atoms with Crippen molar-refractivity contribution in [3.63, 3.8) is 0 Å². The average Bonchev–Trinajstić information content (AvgIpc) is 3.39. The van der Waals surface area contributed by atoms with Crippen LogP contribution in [0, 0.1) is 16.0 Å². The first kappa shape index (κ1) is 27.8. The Labute approximate surface area is 206 Å². The van der Waals surface area contributed by atoms with Crippen LogP contribution in [0.3, 0.4) is 0 Å². The minimum Gasteiger partial charge on any atom is -0.480 e. The molecule has 1 aromatic heterocycles. The Bertz CT molecular complexity index is 839. The summed E-state index contributed by atoms with van der Waals surface area (Å²) < 4.78 is 4.94. The van der Waals surface area contributed by atoms with Crippen molar-refractivity contribution < 1.29 is 19.6 Å². The summed E-state index contributed by atoms with van der Waals surface area (Å²) in [5.41, 5.74) is 0.877. The van der Waals surface area contributed by atoms with Crippen molar-refractivity contribution in [2.75, 3.05) is 40.0 Å². The Morgan fingerprint density at radius 3 is 2.47 bits per heavy atom. The van der Waals surface area contributed by atoms with Gasteiger partial charge < -0.3 is 19.6 Å². The molecule has 2 atom stereocenters. The molecule has 3 heterocycles.